The first-order chi connectivity index (χ1) is 17.8. The number of methoxy groups -OCH3 is 2. The summed E-state index contributed by atoms with van der Waals surface area (Å²) in [5, 5.41) is 7.60. The molecule has 0 aliphatic carbocycles. The van der Waals surface area contributed by atoms with E-state index < -0.39 is 0 Å². The van der Waals surface area contributed by atoms with E-state index in [1.165, 1.54) is 4.90 Å². The smallest absolute Gasteiger partial charge is 0.261 e. The molecule has 194 valence electrons. The van der Waals surface area contributed by atoms with E-state index in [0.717, 1.165) is 29.1 Å². The van der Waals surface area contributed by atoms with E-state index in [0.29, 0.717) is 55.0 Å². The average molecular weight is 505 g/mol. The van der Waals surface area contributed by atoms with Gasteiger partial charge in [-0.15, -0.1) is 0 Å². The third-order valence-electron chi connectivity index (χ3n) is 6.59. The van der Waals surface area contributed by atoms with Crippen LogP contribution in [-0.2, 0) is 11.3 Å². The Kier molecular flexibility index (Phi) is 7.91. The number of carbonyl (C=O) groups excluding carboxylic acids is 3. The number of hydrogen-bond donors (Lipinski definition) is 1. The number of aromatic nitrogens is 2. The van der Waals surface area contributed by atoms with Crippen LogP contribution in [0.2, 0.25) is 0 Å². The van der Waals surface area contributed by atoms with Crippen molar-refractivity contribution >= 4 is 23.4 Å². The molecule has 9 heteroatoms. The third-order valence-corrected chi connectivity index (χ3v) is 6.59. The van der Waals surface area contributed by atoms with Crippen LogP contribution in [0.1, 0.15) is 63.4 Å². The number of nitrogens with one attached hydrogen (secondary N) is 1. The van der Waals surface area contributed by atoms with Gasteiger partial charge in [0.05, 0.1) is 49.0 Å². The number of carbonyl (C=O) groups is 3. The molecule has 1 aliphatic rings. The van der Waals surface area contributed by atoms with E-state index in [4.69, 9.17) is 9.47 Å². The minimum atomic E-state index is -0.241. The van der Waals surface area contributed by atoms with Crippen molar-refractivity contribution in [2.45, 2.75) is 46.1 Å². The number of imide groups is 1. The summed E-state index contributed by atoms with van der Waals surface area (Å²) in [5.41, 5.74) is 4.26. The molecule has 0 atom stereocenters. The number of benzene rings is 2. The van der Waals surface area contributed by atoms with E-state index in [1.807, 2.05) is 36.7 Å². The predicted molar refractivity (Wildman–Crippen MR) is 139 cm³/mol. The maximum atomic E-state index is 12.6. The van der Waals surface area contributed by atoms with E-state index in [2.05, 4.69) is 10.4 Å². The maximum Gasteiger partial charge on any atom is 0.261 e. The monoisotopic (exact) mass is 504 g/mol. The molecule has 9 nitrogen and oxygen atoms in total. The van der Waals surface area contributed by atoms with Crippen molar-refractivity contribution in [2.75, 3.05) is 26.1 Å². The average Bonchev–Trinajstić information content (AvgIpc) is 3.30. The summed E-state index contributed by atoms with van der Waals surface area (Å²) in [6.07, 6.45) is 2.39. The largest absolute Gasteiger partial charge is 0.493 e. The summed E-state index contributed by atoms with van der Waals surface area (Å²) in [5.74, 6) is 0.746. The zero-order valence-corrected chi connectivity index (χ0v) is 21.7. The normalized spacial score (nSPS) is 12.6. The van der Waals surface area contributed by atoms with Crippen LogP contribution in [0.5, 0.6) is 11.5 Å². The van der Waals surface area contributed by atoms with Crippen molar-refractivity contribution in [3.05, 3.63) is 70.5 Å². The van der Waals surface area contributed by atoms with E-state index in [-0.39, 0.29) is 17.7 Å². The number of anilines is 1. The molecule has 0 fully saturated rings. The summed E-state index contributed by atoms with van der Waals surface area (Å²) in [6, 6.07) is 12.6. The Labute approximate surface area is 216 Å². The minimum absolute atomic E-state index is 0.0856. The highest BCUT2D eigenvalue weighted by molar-refractivity contribution is 6.21. The van der Waals surface area contributed by atoms with Gasteiger partial charge in [0.2, 0.25) is 5.91 Å². The molecule has 1 aliphatic heterocycles. The van der Waals surface area contributed by atoms with Crippen molar-refractivity contribution in [2.24, 2.45) is 0 Å². The molecule has 0 unspecified atom stereocenters. The second kappa shape index (κ2) is 11.3. The van der Waals surface area contributed by atoms with Crippen LogP contribution < -0.4 is 14.8 Å². The first-order valence-corrected chi connectivity index (χ1v) is 12.3. The van der Waals surface area contributed by atoms with Crippen LogP contribution in [-0.4, -0.2) is 53.2 Å². The molecule has 2 aromatic carbocycles. The number of aryl methyl sites for hydroxylation is 1. The van der Waals surface area contributed by atoms with Gasteiger partial charge >= 0.3 is 0 Å². The Hall–Kier alpha value is -4.14. The summed E-state index contributed by atoms with van der Waals surface area (Å²) in [7, 11) is 3.20. The molecule has 0 saturated carbocycles. The van der Waals surface area contributed by atoms with Crippen molar-refractivity contribution in [3.8, 4) is 11.5 Å². The Balaban J connectivity index is 1.26. The van der Waals surface area contributed by atoms with E-state index in [9.17, 15) is 14.4 Å². The molecule has 0 radical (unpaired) electrons. The first-order valence-electron chi connectivity index (χ1n) is 12.3. The predicted octanol–water partition coefficient (Wildman–Crippen LogP) is 4.36. The quantitative estimate of drug-likeness (QED) is 0.307. The maximum absolute atomic E-state index is 12.6. The molecule has 3 aromatic rings. The number of fused-ring (bicyclic) bond motifs is 1. The van der Waals surface area contributed by atoms with Crippen LogP contribution >= 0.6 is 0 Å². The van der Waals surface area contributed by atoms with E-state index in [1.54, 1.807) is 38.5 Å². The van der Waals surface area contributed by atoms with Gasteiger partial charge in [0.1, 0.15) is 0 Å². The highest BCUT2D eigenvalue weighted by atomic mass is 16.5. The van der Waals surface area contributed by atoms with Gasteiger partial charge in [-0.3, -0.25) is 24.0 Å². The highest BCUT2D eigenvalue weighted by Gasteiger charge is 2.34. The van der Waals surface area contributed by atoms with Crippen molar-refractivity contribution < 1.29 is 23.9 Å². The lowest BCUT2D eigenvalue weighted by Crippen LogP contribution is -2.30. The molecule has 3 amide bonds. The Morgan fingerprint density at radius 1 is 0.919 bits per heavy atom. The van der Waals surface area contributed by atoms with E-state index >= 15 is 0 Å². The third kappa shape index (κ3) is 5.50. The van der Waals surface area contributed by atoms with Crippen LogP contribution in [0.25, 0.3) is 0 Å². The van der Waals surface area contributed by atoms with Gasteiger partial charge in [0.25, 0.3) is 11.8 Å². The molecular weight excluding hydrogens is 472 g/mol. The lowest BCUT2D eigenvalue weighted by atomic mass is 10.1. The van der Waals surface area contributed by atoms with Crippen molar-refractivity contribution in [1.29, 1.82) is 0 Å². The SMILES string of the molecule is COc1ccc(Cn2nc(C)c(NC(=O)CCCCCN3C(=O)c4ccccc4C3=O)c2C)cc1OC. The number of amides is 3. The molecule has 0 bridgehead atoms. The summed E-state index contributed by atoms with van der Waals surface area (Å²) in [6.45, 7) is 4.68. The Morgan fingerprint density at radius 2 is 1.59 bits per heavy atom. The van der Waals surface area contributed by atoms with Gasteiger partial charge < -0.3 is 14.8 Å². The van der Waals surface area contributed by atoms with Gasteiger partial charge in [-0.1, -0.05) is 24.6 Å². The fraction of sp³-hybridized carbons (Fsp3) is 0.357. The van der Waals surface area contributed by atoms with Crippen molar-refractivity contribution in [3.63, 3.8) is 0 Å². The van der Waals surface area contributed by atoms with Gasteiger partial charge in [0.15, 0.2) is 11.5 Å². The molecule has 4 rings (SSSR count). The molecule has 2 heterocycles. The number of unbranched alkanes of at least 4 members (excludes halogenated alkanes) is 2. The summed E-state index contributed by atoms with van der Waals surface area (Å²) >= 11 is 0. The lowest BCUT2D eigenvalue weighted by molar-refractivity contribution is -0.116. The second-order valence-electron chi connectivity index (χ2n) is 9.06. The summed E-state index contributed by atoms with van der Waals surface area (Å²) < 4.78 is 12.5. The van der Waals surface area contributed by atoms with Crippen LogP contribution in [0.4, 0.5) is 5.69 Å². The first kappa shape index (κ1) is 25.9. The molecule has 0 spiro atoms. The van der Waals surface area contributed by atoms with Crippen LogP contribution in [0.3, 0.4) is 0 Å². The van der Waals surface area contributed by atoms with Crippen LogP contribution in [0, 0.1) is 13.8 Å². The molecule has 1 N–H and O–H groups in total. The highest BCUT2D eigenvalue weighted by Crippen LogP contribution is 2.29. The molecular formula is C28H32N4O5. The number of ether oxygens (including phenoxy) is 2. The summed E-state index contributed by atoms with van der Waals surface area (Å²) in [4.78, 5) is 38.8. The zero-order valence-electron chi connectivity index (χ0n) is 21.7. The molecule has 37 heavy (non-hydrogen) atoms. The van der Waals surface area contributed by atoms with Crippen molar-refractivity contribution in [1.82, 2.24) is 14.7 Å². The second-order valence-corrected chi connectivity index (χ2v) is 9.06. The van der Waals surface area contributed by atoms with Gasteiger partial charge in [-0.25, -0.2) is 0 Å². The Bertz CT molecular complexity index is 1300. The topological polar surface area (TPSA) is 103 Å². The standard InChI is InChI=1S/C28H32N4O5/c1-18-26(19(2)32(30-18)17-20-13-14-23(36-3)24(16-20)37-4)29-25(33)12-6-5-9-15-31-27(34)21-10-7-8-11-22(21)28(31)35/h7-8,10-11,13-14,16H,5-6,9,12,15,17H2,1-4H3,(H,29,33). The number of hydrogen-bond acceptors (Lipinski definition) is 6. The van der Waals surface area contributed by atoms with Crippen LogP contribution in [0.15, 0.2) is 42.5 Å². The Morgan fingerprint density at radius 3 is 2.24 bits per heavy atom. The minimum Gasteiger partial charge on any atom is -0.493 e. The fourth-order valence-corrected chi connectivity index (χ4v) is 4.56. The molecule has 1 aromatic heterocycles. The van der Waals surface area contributed by atoms with Gasteiger partial charge in [0, 0.05) is 13.0 Å². The number of rotatable bonds is 11. The number of nitrogens with zero attached hydrogens (tertiary/aromatic N) is 3. The molecule has 0 saturated heterocycles. The lowest BCUT2D eigenvalue weighted by Gasteiger charge is -2.13. The fourth-order valence-electron chi connectivity index (χ4n) is 4.56. The van der Waals surface area contributed by atoms with Gasteiger partial charge in [-0.05, 0) is 56.5 Å². The zero-order chi connectivity index (χ0) is 26.5. The van der Waals surface area contributed by atoms with Gasteiger partial charge in [-0.2, -0.15) is 5.10 Å².